The van der Waals surface area contributed by atoms with Gasteiger partial charge in [0.15, 0.2) is 0 Å². The van der Waals surface area contributed by atoms with Gasteiger partial charge in [0, 0.05) is 19.8 Å². The molecule has 25 heavy (non-hydrogen) atoms. The fourth-order valence-corrected chi connectivity index (χ4v) is 4.39. The first-order chi connectivity index (χ1) is 11.9. The third kappa shape index (κ3) is 3.39. The van der Waals surface area contributed by atoms with Crippen LogP contribution in [0.2, 0.25) is 0 Å². The molecule has 2 saturated heterocycles. The molecule has 2 aliphatic heterocycles. The number of urea groups is 1. The molecule has 1 aromatic carbocycles. The average Bonchev–Trinajstić information content (AvgIpc) is 2.62. The third-order valence-electron chi connectivity index (χ3n) is 4.76. The van der Waals surface area contributed by atoms with Gasteiger partial charge < -0.3 is 10.0 Å². The SMILES string of the molecule is Cc1ccc(C2NC(SCCO)C3C(=O)N(C)C(=O)N(C)C3N2)cc1. The van der Waals surface area contributed by atoms with Crippen LogP contribution in [0.15, 0.2) is 24.3 Å². The number of thioether (sulfide) groups is 1. The van der Waals surface area contributed by atoms with E-state index < -0.39 is 5.92 Å². The molecular formula is C17H24N4O3S. The number of nitrogens with zero attached hydrogens (tertiary/aromatic N) is 2. The first-order valence-electron chi connectivity index (χ1n) is 8.29. The summed E-state index contributed by atoms with van der Waals surface area (Å²) in [6.07, 6.45) is -0.565. The summed E-state index contributed by atoms with van der Waals surface area (Å²) in [7, 11) is 3.22. The minimum absolute atomic E-state index is 0.0433. The Hall–Kier alpha value is -1.61. The van der Waals surface area contributed by atoms with E-state index in [9.17, 15) is 14.7 Å². The molecular weight excluding hydrogens is 340 g/mol. The summed E-state index contributed by atoms with van der Waals surface area (Å²) in [5.41, 5.74) is 2.22. The predicted octanol–water partition coefficient (Wildman–Crippen LogP) is 0.704. The highest BCUT2D eigenvalue weighted by molar-refractivity contribution is 7.99. The van der Waals surface area contributed by atoms with Crippen LogP contribution >= 0.6 is 11.8 Å². The Bertz CT molecular complexity index is 654. The van der Waals surface area contributed by atoms with Crippen molar-refractivity contribution in [3.63, 3.8) is 0 Å². The highest BCUT2D eigenvalue weighted by Gasteiger charge is 2.50. The molecule has 0 bridgehead atoms. The maximum atomic E-state index is 12.7. The van der Waals surface area contributed by atoms with Gasteiger partial charge in [0.25, 0.3) is 0 Å². The van der Waals surface area contributed by atoms with Gasteiger partial charge in [-0.3, -0.25) is 20.3 Å². The van der Waals surface area contributed by atoms with Crippen LogP contribution in [0, 0.1) is 12.8 Å². The van der Waals surface area contributed by atoms with Crippen molar-refractivity contribution in [1.29, 1.82) is 0 Å². The Morgan fingerprint density at radius 2 is 1.84 bits per heavy atom. The van der Waals surface area contributed by atoms with Crippen LogP contribution in [0.1, 0.15) is 17.3 Å². The second-order valence-electron chi connectivity index (χ2n) is 6.45. The van der Waals surface area contributed by atoms with E-state index in [2.05, 4.69) is 10.6 Å². The van der Waals surface area contributed by atoms with E-state index in [0.29, 0.717) is 5.75 Å². The molecule has 2 heterocycles. The molecule has 3 rings (SSSR count). The van der Waals surface area contributed by atoms with Crippen LogP contribution in [0.5, 0.6) is 0 Å². The van der Waals surface area contributed by atoms with Gasteiger partial charge in [-0.15, -0.1) is 11.8 Å². The lowest BCUT2D eigenvalue weighted by Crippen LogP contribution is -2.72. The van der Waals surface area contributed by atoms with E-state index >= 15 is 0 Å². The van der Waals surface area contributed by atoms with Gasteiger partial charge in [0.2, 0.25) is 5.91 Å². The zero-order valence-corrected chi connectivity index (χ0v) is 15.4. The van der Waals surface area contributed by atoms with Crippen LogP contribution in [0.25, 0.3) is 0 Å². The number of rotatable bonds is 4. The number of imide groups is 1. The number of aryl methyl sites for hydroxylation is 1. The highest BCUT2D eigenvalue weighted by atomic mass is 32.2. The van der Waals surface area contributed by atoms with Gasteiger partial charge in [-0.05, 0) is 12.5 Å². The van der Waals surface area contributed by atoms with Gasteiger partial charge in [0.1, 0.15) is 0 Å². The number of aliphatic hydroxyl groups excluding tert-OH is 1. The lowest BCUT2D eigenvalue weighted by molar-refractivity contribution is -0.140. The van der Waals surface area contributed by atoms with Gasteiger partial charge in [-0.25, -0.2) is 4.79 Å². The molecule has 2 fully saturated rings. The molecule has 2 aliphatic rings. The van der Waals surface area contributed by atoms with Gasteiger partial charge in [0.05, 0.1) is 30.2 Å². The molecule has 1 aromatic rings. The summed E-state index contributed by atoms with van der Waals surface area (Å²) in [4.78, 5) is 27.8. The lowest BCUT2D eigenvalue weighted by atomic mass is 9.96. The Morgan fingerprint density at radius 3 is 2.48 bits per heavy atom. The molecule has 4 unspecified atom stereocenters. The smallest absolute Gasteiger partial charge is 0.327 e. The number of carbonyl (C=O) groups is 2. The van der Waals surface area contributed by atoms with E-state index in [1.807, 2.05) is 31.2 Å². The molecule has 0 radical (unpaired) electrons. The van der Waals surface area contributed by atoms with Crippen LogP contribution in [-0.4, -0.2) is 64.8 Å². The maximum absolute atomic E-state index is 12.7. The fourth-order valence-electron chi connectivity index (χ4n) is 3.33. The summed E-state index contributed by atoms with van der Waals surface area (Å²) < 4.78 is 0. The molecule has 0 aromatic heterocycles. The van der Waals surface area contributed by atoms with Crippen LogP contribution in [0.4, 0.5) is 4.79 Å². The van der Waals surface area contributed by atoms with Crippen molar-refractivity contribution in [2.75, 3.05) is 26.5 Å². The first-order valence-corrected chi connectivity index (χ1v) is 9.34. The first kappa shape index (κ1) is 18.2. The second-order valence-corrected chi connectivity index (χ2v) is 7.70. The minimum atomic E-state index is -0.411. The van der Waals surface area contributed by atoms with Crippen molar-refractivity contribution in [1.82, 2.24) is 20.4 Å². The monoisotopic (exact) mass is 364 g/mol. The summed E-state index contributed by atoms with van der Waals surface area (Å²) >= 11 is 1.51. The summed E-state index contributed by atoms with van der Waals surface area (Å²) in [6, 6.07) is 7.83. The minimum Gasteiger partial charge on any atom is -0.396 e. The topological polar surface area (TPSA) is 84.9 Å². The van der Waals surface area contributed by atoms with Crippen molar-refractivity contribution >= 4 is 23.7 Å². The molecule has 0 spiro atoms. The molecule has 8 heteroatoms. The zero-order chi connectivity index (χ0) is 18.1. The standard InChI is InChI=1S/C17H24N4O3S/c1-10-4-6-11(7-5-10)13-18-14-12(15(19-13)25-9-8-22)16(23)21(3)17(24)20(14)2/h4-7,12-15,18-19,22H,8-9H2,1-3H3. The molecule has 136 valence electrons. The largest absolute Gasteiger partial charge is 0.396 e. The van der Waals surface area contributed by atoms with Crippen LogP contribution in [-0.2, 0) is 4.79 Å². The molecule has 0 aliphatic carbocycles. The number of aliphatic hydroxyl groups is 1. The number of benzene rings is 1. The van der Waals surface area contributed by atoms with Gasteiger partial charge >= 0.3 is 6.03 Å². The van der Waals surface area contributed by atoms with Crippen molar-refractivity contribution in [3.8, 4) is 0 Å². The van der Waals surface area contributed by atoms with E-state index in [1.165, 1.54) is 29.3 Å². The second kappa shape index (κ2) is 7.33. The van der Waals surface area contributed by atoms with E-state index in [1.54, 1.807) is 11.9 Å². The normalized spacial score (nSPS) is 29.8. The summed E-state index contributed by atoms with van der Waals surface area (Å²) in [6.45, 7) is 2.07. The predicted molar refractivity (Wildman–Crippen MR) is 96.7 cm³/mol. The number of hydrogen-bond acceptors (Lipinski definition) is 6. The molecule has 0 saturated carbocycles. The third-order valence-corrected chi connectivity index (χ3v) is 5.96. The Labute approximate surface area is 151 Å². The van der Waals surface area contributed by atoms with E-state index in [4.69, 9.17) is 0 Å². The van der Waals surface area contributed by atoms with Crippen molar-refractivity contribution < 1.29 is 14.7 Å². The number of amides is 3. The fraction of sp³-hybridized carbons (Fsp3) is 0.529. The number of nitrogens with one attached hydrogen (secondary N) is 2. The quantitative estimate of drug-likeness (QED) is 0.730. The average molecular weight is 364 g/mol. The molecule has 7 nitrogen and oxygen atoms in total. The van der Waals surface area contributed by atoms with E-state index in [-0.39, 0.29) is 36.3 Å². The van der Waals surface area contributed by atoms with E-state index in [0.717, 1.165) is 5.56 Å². The van der Waals surface area contributed by atoms with Crippen molar-refractivity contribution in [2.24, 2.45) is 5.92 Å². The summed E-state index contributed by atoms with van der Waals surface area (Å²) in [5.74, 6) is -0.0901. The highest BCUT2D eigenvalue weighted by Crippen LogP contribution is 2.34. The molecule has 4 atom stereocenters. The number of fused-ring (bicyclic) bond motifs is 1. The van der Waals surface area contributed by atoms with Crippen molar-refractivity contribution in [2.45, 2.75) is 24.6 Å². The molecule has 3 amide bonds. The Morgan fingerprint density at radius 1 is 1.16 bits per heavy atom. The number of carbonyl (C=O) groups excluding carboxylic acids is 2. The zero-order valence-electron chi connectivity index (χ0n) is 14.6. The summed E-state index contributed by atoms with van der Waals surface area (Å²) in [5, 5.41) is 15.9. The maximum Gasteiger partial charge on any atom is 0.327 e. The lowest BCUT2D eigenvalue weighted by Gasteiger charge is -2.50. The Balaban J connectivity index is 1.91. The van der Waals surface area contributed by atoms with Crippen molar-refractivity contribution in [3.05, 3.63) is 35.4 Å². The Kier molecular flexibility index (Phi) is 5.33. The molecule has 3 N–H and O–H groups in total. The van der Waals surface area contributed by atoms with Crippen LogP contribution in [0.3, 0.4) is 0 Å². The van der Waals surface area contributed by atoms with Gasteiger partial charge in [-0.1, -0.05) is 29.8 Å². The van der Waals surface area contributed by atoms with Gasteiger partial charge in [-0.2, -0.15) is 0 Å². The number of hydrogen-bond donors (Lipinski definition) is 3. The van der Waals surface area contributed by atoms with Crippen LogP contribution < -0.4 is 10.6 Å².